The molecular weight excluding hydrogens is 318 g/mol. The molecule has 1 saturated heterocycles. The summed E-state index contributed by atoms with van der Waals surface area (Å²) in [6.45, 7) is 8.37. The predicted molar refractivity (Wildman–Crippen MR) is 94.1 cm³/mol. The van der Waals surface area contributed by atoms with E-state index >= 15 is 0 Å². The zero-order chi connectivity index (χ0) is 18.4. The Morgan fingerprint density at radius 2 is 1.64 bits per heavy atom. The number of fused-ring (bicyclic) bond motifs is 2. The third kappa shape index (κ3) is 3.33. The number of rotatable bonds is 4. The van der Waals surface area contributed by atoms with E-state index in [-0.39, 0.29) is 17.4 Å². The van der Waals surface area contributed by atoms with Crippen molar-refractivity contribution in [1.29, 1.82) is 0 Å². The van der Waals surface area contributed by atoms with E-state index < -0.39 is 30.0 Å². The number of hydrogen-bond donors (Lipinski definition) is 2. The first-order valence-electron chi connectivity index (χ1n) is 8.66. The van der Waals surface area contributed by atoms with Gasteiger partial charge in [0.2, 0.25) is 5.91 Å². The van der Waals surface area contributed by atoms with Crippen molar-refractivity contribution in [2.45, 2.75) is 51.4 Å². The first kappa shape index (κ1) is 17.7. The molecule has 2 bridgehead atoms. The van der Waals surface area contributed by atoms with Gasteiger partial charge in [0.05, 0.1) is 24.2 Å². The van der Waals surface area contributed by atoms with E-state index in [0.29, 0.717) is 0 Å². The SMILES string of the molecule is C[C@H](NC(=O)[C@@H]1[C@H](C(=O)O)[C@H]2C=C[C@H]1O2)c1ccc(C(C)(C)C)cc1. The molecule has 25 heavy (non-hydrogen) atoms. The number of amides is 1. The van der Waals surface area contributed by atoms with Crippen LogP contribution >= 0.6 is 0 Å². The molecule has 5 atom stereocenters. The van der Waals surface area contributed by atoms with Crippen molar-refractivity contribution < 1.29 is 19.4 Å². The van der Waals surface area contributed by atoms with Gasteiger partial charge in [-0.1, -0.05) is 57.2 Å². The maximum Gasteiger partial charge on any atom is 0.310 e. The van der Waals surface area contributed by atoms with Gasteiger partial charge in [-0.15, -0.1) is 0 Å². The van der Waals surface area contributed by atoms with Crippen LogP contribution < -0.4 is 5.32 Å². The van der Waals surface area contributed by atoms with Gasteiger partial charge in [-0.25, -0.2) is 0 Å². The fourth-order valence-electron chi connectivity index (χ4n) is 3.58. The Bertz CT molecular complexity index is 701. The Hall–Kier alpha value is -2.14. The van der Waals surface area contributed by atoms with Gasteiger partial charge >= 0.3 is 5.97 Å². The van der Waals surface area contributed by atoms with Crippen LogP contribution in [0.2, 0.25) is 0 Å². The lowest BCUT2D eigenvalue weighted by Gasteiger charge is -2.24. The molecule has 0 spiro atoms. The third-order valence-corrected chi connectivity index (χ3v) is 5.12. The highest BCUT2D eigenvalue weighted by Gasteiger charge is 2.53. The molecule has 0 saturated carbocycles. The normalized spacial score (nSPS) is 28.8. The molecule has 5 heteroatoms. The molecule has 1 aromatic rings. The molecule has 3 rings (SSSR count). The van der Waals surface area contributed by atoms with Crippen molar-refractivity contribution in [1.82, 2.24) is 5.32 Å². The number of aliphatic carboxylic acids is 1. The van der Waals surface area contributed by atoms with Crippen LogP contribution in [-0.4, -0.2) is 29.2 Å². The second-order valence-corrected chi connectivity index (χ2v) is 7.94. The second kappa shape index (κ2) is 6.30. The first-order chi connectivity index (χ1) is 11.7. The van der Waals surface area contributed by atoms with Crippen molar-refractivity contribution >= 4 is 11.9 Å². The molecule has 0 aromatic heterocycles. The van der Waals surface area contributed by atoms with Crippen molar-refractivity contribution in [3.63, 3.8) is 0 Å². The molecule has 2 N–H and O–H groups in total. The number of carboxylic acid groups (broad SMARTS) is 1. The van der Waals surface area contributed by atoms with E-state index in [1.807, 2.05) is 19.1 Å². The first-order valence-corrected chi connectivity index (χ1v) is 8.66. The number of hydrogen-bond acceptors (Lipinski definition) is 3. The quantitative estimate of drug-likeness (QED) is 0.824. The Labute approximate surface area is 148 Å². The smallest absolute Gasteiger partial charge is 0.310 e. The zero-order valence-corrected chi connectivity index (χ0v) is 15.0. The summed E-state index contributed by atoms with van der Waals surface area (Å²) < 4.78 is 5.57. The van der Waals surface area contributed by atoms with Gasteiger partial charge in [-0.3, -0.25) is 9.59 Å². The number of carbonyl (C=O) groups excluding carboxylic acids is 1. The topological polar surface area (TPSA) is 75.6 Å². The lowest BCUT2D eigenvalue weighted by Crippen LogP contribution is -2.43. The molecule has 0 radical (unpaired) electrons. The van der Waals surface area contributed by atoms with Gasteiger partial charge in [0.1, 0.15) is 5.92 Å². The number of carbonyl (C=O) groups is 2. The van der Waals surface area contributed by atoms with Crippen LogP contribution in [0.25, 0.3) is 0 Å². The molecule has 0 unspecified atom stereocenters. The maximum absolute atomic E-state index is 12.7. The minimum absolute atomic E-state index is 0.0759. The van der Waals surface area contributed by atoms with E-state index in [1.54, 1.807) is 12.2 Å². The Balaban J connectivity index is 1.70. The Kier molecular flexibility index (Phi) is 4.45. The molecular formula is C20H25NO4. The molecule has 2 heterocycles. The molecule has 0 aliphatic carbocycles. The highest BCUT2D eigenvalue weighted by atomic mass is 16.5. The fraction of sp³-hybridized carbons (Fsp3) is 0.500. The summed E-state index contributed by atoms with van der Waals surface area (Å²) in [5.41, 5.74) is 2.30. The van der Waals surface area contributed by atoms with Crippen molar-refractivity contribution in [2.75, 3.05) is 0 Å². The second-order valence-electron chi connectivity index (χ2n) is 7.94. The summed E-state index contributed by atoms with van der Waals surface area (Å²) >= 11 is 0. The van der Waals surface area contributed by atoms with Gasteiger partial charge in [0, 0.05) is 0 Å². The predicted octanol–water partition coefficient (Wildman–Crippen LogP) is 2.82. The highest BCUT2D eigenvalue weighted by Crippen LogP contribution is 2.39. The van der Waals surface area contributed by atoms with Crippen molar-refractivity contribution in [3.05, 3.63) is 47.5 Å². The van der Waals surface area contributed by atoms with Crippen LogP contribution in [0, 0.1) is 11.8 Å². The highest BCUT2D eigenvalue weighted by molar-refractivity contribution is 5.87. The van der Waals surface area contributed by atoms with Gasteiger partial charge in [0.15, 0.2) is 0 Å². The van der Waals surface area contributed by atoms with Gasteiger partial charge < -0.3 is 15.2 Å². The van der Waals surface area contributed by atoms with Crippen LogP contribution in [-0.2, 0) is 19.7 Å². The van der Waals surface area contributed by atoms with Crippen LogP contribution in [0.3, 0.4) is 0 Å². The van der Waals surface area contributed by atoms with Gasteiger partial charge in [-0.2, -0.15) is 0 Å². The van der Waals surface area contributed by atoms with Gasteiger partial charge in [-0.05, 0) is 23.5 Å². The number of carboxylic acids is 1. The van der Waals surface area contributed by atoms with E-state index in [9.17, 15) is 14.7 Å². The lowest BCUT2D eigenvalue weighted by molar-refractivity contribution is -0.146. The molecule has 5 nitrogen and oxygen atoms in total. The van der Waals surface area contributed by atoms with Crippen LogP contribution in [0.1, 0.15) is 44.9 Å². The minimum atomic E-state index is -0.987. The molecule has 2 aliphatic heterocycles. The summed E-state index contributed by atoms with van der Waals surface area (Å²) in [6.07, 6.45) is 2.58. The molecule has 134 valence electrons. The number of ether oxygens (including phenoxy) is 1. The zero-order valence-electron chi connectivity index (χ0n) is 15.0. The van der Waals surface area contributed by atoms with E-state index in [4.69, 9.17) is 4.74 Å². The van der Waals surface area contributed by atoms with Gasteiger partial charge in [0.25, 0.3) is 0 Å². The van der Waals surface area contributed by atoms with E-state index in [1.165, 1.54) is 5.56 Å². The average molecular weight is 343 g/mol. The lowest BCUT2D eigenvalue weighted by atomic mass is 9.82. The Morgan fingerprint density at radius 1 is 1.08 bits per heavy atom. The van der Waals surface area contributed by atoms with Crippen molar-refractivity contribution in [2.24, 2.45) is 11.8 Å². The Morgan fingerprint density at radius 3 is 2.16 bits per heavy atom. The minimum Gasteiger partial charge on any atom is -0.481 e. The average Bonchev–Trinajstić information content (AvgIpc) is 3.14. The summed E-state index contributed by atoms with van der Waals surface area (Å²) in [6, 6.07) is 7.97. The standard InChI is InChI=1S/C20H25NO4/c1-11(12-5-7-13(8-6-12)20(2,3)4)21-18(22)16-14-9-10-15(25-14)17(16)19(23)24/h5-11,14-17H,1-4H3,(H,21,22)(H,23,24)/t11-,14+,15+,16-,17+/m0/s1. The maximum atomic E-state index is 12.7. The molecule has 2 aliphatic rings. The molecule has 1 aromatic carbocycles. The summed E-state index contributed by atoms with van der Waals surface area (Å²) in [5, 5.41) is 12.4. The molecule has 1 amide bonds. The largest absolute Gasteiger partial charge is 0.481 e. The number of benzene rings is 1. The van der Waals surface area contributed by atoms with Crippen LogP contribution in [0.15, 0.2) is 36.4 Å². The van der Waals surface area contributed by atoms with Crippen molar-refractivity contribution in [3.8, 4) is 0 Å². The van der Waals surface area contributed by atoms with E-state index in [0.717, 1.165) is 5.56 Å². The summed E-state index contributed by atoms with van der Waals surface area (Å²) in [4.78, 5) is 24.2. The molecule has 1 fully saturated rings. The van der Waals surface area contributed by atoms with Crippen LogP contribution in [0.4, 0.5) is 0 Å². The summed E-state index contributed by atoms with van der Waals surface area (Å²) in [7, 11) is 0. The summed E-state index contributed by atoms with van der Waals surface area (Å²) in [5.74, 6) is -2.75. The monoisotopic (exact) mass is 343 g/mol. The third-order valence-electron chi connectivity index (χ3n) is 5.12. The van der Waals surface area contributed by atoms with E-state index in [2.05, 4.69) is 38.2 Å². The number of nitrogens with one attached hydrogen (secondary N) is 1. The fourth-order valence-corrected chi connectivity index (χ4v) is 3.58. The van der Waals surface area contributed by atoms with Crippen LogP contribution in [0.5, 0.6) is 0 Å².